The van der Waals surface area contributed by atoms with Crippen LogP contribution < -0.4 is 10.4 Å². The Hall–Kier alpha value is -3.64. The summed E-state index contributed by atoms with van der Waals surface area (Å²) < 4.78 is 11.1. The quantitative estimate of drug-likeness (QED) is 0.244. The van der Waals surface area contributed by atoms with Crippen molar-refractivity contribution in [3.05, 3.63) is 104 Å². The van der Waals surface area contributed by atoms with E-state index in [1.54, 1.807) is 36.4 Å². The highest BCUT2D eigenvalue weighted by atomic mass is 35.5. The van der Waals surface area contributed by atoms with Gasteiger partial charge in [0.1, 0.15) is 17.9 Å². The Balaban J connectivity index is 1.71. The minimum Gasteiger partial charge on any atom is -0.488 e. The molecule has 0 aliphatic carbocycles. The lowest BCUT2D eigenvalue weighted by Gasteiger charge is -2.10. The SMILES string of the molecule is O=c1cc(OCc2cccc(Cl)c2)c2cc(-c3ccc([N+](=O)[O-])cc3)ccc2o1. The van der Waals surface area contributed by atoms with Crippen molar-refractivity contribution in [3.8, 4) is 16.9 Å². The van der Waals surface area contributed by atoms with E-state index in [4.69, 9.17) is 20.8 Å². The fraction of sp³-hybridized carbons (Fsp3) is 0.0455. The van der Waals surface area contributed by atoms with Crippen molar-refractivity contribution >= 4 is 28.3 Å². The van der Waals surface area contributed by atoms with E-state index in [2.05, 4.69) is 0 Å². The molecule has 0 saturated carbocycles. The van der Waals surface area contributed by atoms with Gasteiger partial charge in [-0.15, -0.1) is 0 Å². The third-order valence-electron chi connectivity index (χ3n) is 4.40. The molecule has 6 nitrogen and oxygen atoms in total. The Morgan fingerprint density at radius 1 is 0.966 bits per heavy atom. The van der Waals surface area contributed by atoms with E-state index in [0.29, 0.717) is 21.7 Å². The summed E-state index contributed by atoms with van der Waals surface area (Å²) in [7, 11) is 0. The highest BCUT2D eigenvalue weighted by Crippen LogP contribution is 2.31. The number of rotatable bonds is 5. The van der Waals surface area contributed by atoms with Gasteiger partial charge in [0.15, 0.2) is 0 Å². The smallest absolute Gasteiger partial charge is 0.339 e. The molecular weight excluding hydrogens is 394 g/mol. The van der Waals surface area contributed by atoms with E-state index < -0.39 is 10.5 Å². The molecule has 0 unspecified atom stereocenters. The second kappa shape index (κ2) is 7.77. The number of nitrogens with zero attached hydrogens (tertiary/aromatic N) is 1. The number of halogens is 1. The lowest BCUT2D eigenvalue weighted by atomic mass is 10.0. The van der Waals surface area contributed by atoms with Gasteiger partial charge in [-0.1, -0.05) is 29.8 Å². The molecule has 1 aromatic heterocycles. The molecule has 0 spiro atoms. The summed E-state index contributed by atoms with van der Waals surface area (Å²) >= 11 is 6.00. The fourth-order valence-corrected chi connectivity index (χ4v) is 3.21. The minimum absolute atomic E-state index is 0.0195. The monoisotopic (exact) mass is 407 g/mol. The second-order valence-electron chi connectivity index (χ2n) is 6.36. The van der Waals surface area contributed by atoms with Crippen LogP contribution in [-0.2, 0) is 6.61 Å². The number of non-ortho nitro benzene ring substituents is 1. The zero-order valence-corrected chi connectivity index (χ0v) is 15.8. The molecule has 0 bridgehead atoms. The van der Waals surface area contributed by atoms with Crippen molar-refractivity contribution < 1.29 is 14.1 Å². The molecule has 0 aliphatic rings. The van der Waals surface area contributed by atoms with Gasteiger partial charge in [0.25, 0.3) is 5.69 Å². The van der Waals surface area contributed by atoms with Crippen molar-refractivity contribution in [1.29, 1.82) is 0 Å². The fourth-order valence-electron chi connectivity index (χ4n) is 3.00. The summed E-state index contributed by atoms with van der Waals surface area (Å²) in [5.41, 5.74) is 2.38. The first-order chi connectivity index (χ1) is 14.0. The third kappa shape index (κ3) is 4.12. The first kappa shape index (κ1) is 18.7. The van der Waals surface area contributed by atoms with Gasteiger partial charge < -0.3 is 9.15 Å². The van der Waals surface area contributed by atoms with E-state index in [9.17, 15) is 14.9 Å². The average molecular weight is 408 g/mol. The summed E-state index contributed by atoms with van der Waals surface area (Å²) in [6.07, 6.45) is 0. The molecule has 144 valence electrons. The number of hydrogen-bond donors (Lipinski definition) is 0. The molecule has 0 amide bonds. The standard InChI is InChI=1S/C22H14ClNO5/c23-17-3-1-2-14(10-17)13-28-21-12-22(25)29-20-9-6-16(11-19(20)21)15-4-7-18(8-5-15)24(26)27/h1-12H,13H2. The molecule has 4 rings (SSSR count). The van der Waals surface area contributed by atoms with Gasteiger partial charge in [0.2, 0.25) is 0 Å². The van der Waals surface area contributed by atoms with Crippen LogP contribution in [0.1, 0.15) is 5.56 Å². The number of nitro benzene ring substituents is 1. The van der Waals surface area contributed by atoms with E-state index >= 15 is 0 Å². The van der Waals surface area contributed by atoms with Gasteiger partial charge in [-0.05, 0) is 53.1 Å². The molecule has 29 heavy (non-hydrogen) atoms. The third-order valence-corrected chi connectivity index (χ3v) is 4.63. The maximum Gasteiger partial charge on any atom is 0.339 e. The topological polar surface area (TPSA) is 82.6 Å². The van der Waals surface area contributed by atoms with Gasteiger partial charge >= 0.3 is 5.63 Å². The Morgan fingerprint density at radius 3 is 2.45 bits per heavy atom. The molecule has 4 aromatic rings. The number of ether oxygens (including phenoxy) is 1. The zero-order chi connectivity index (χ0) is 20.4. The van der Waals surface area contributed by atoms with Gasteiger partial charge in [-0.25, -0.2) is 4.79 Å². The van der Waals surface area contributed by atoms with Crippen LogP contribution in [0.4, 0.5) is 5.69 Å². The van der Waals surface area contributed by atoms with Crippen molar-refractivity contribution in [1.82, 2.24) is 0 Å². The number of fused-ring (bicyclic) bond motifs is 1. The Morgan fingerprint density at radius 2 is 1.72 bits per heavy atom. The molecule has 0 aliphatic heterocycles. The Bertz CT molecular complexity index is 1260. The molecule has 0 N–H and O–H groups in total. The van der Waals surface area contributed by atoms with Crippen molar-refractivity contribution in [2.45, 2.75) is 6.61 Å². The van der Waals surface area contributed by atoms with Gasteiger partial charge in [0.05, 0.1) is 16.4 Å². The van der Waals surface area contributed by atoms with Gasteiger partial charge in [-0.2, -0.15) is 0 Å². The lowest BCUT2D eigenvalue weighted by Crippen LogP contribution is -2.02. The molecule has 1 heterocycles. The Labute approximate surface area is 170 Å². The zero-order valence-electron chi connectivity index (χ0n) is 15.0. The Kier molecular flexibility index (Phi) is 5.01. The first-order valence-corrected chi connectivity index (χ1v) is 9.07. The van der Waals surface area contributed by atoms with Crippen LogP contribution in [-0.4, -0.2) is 4.92 Å². The molecule has 0 atom stereocenters. The molecular formula is C22H14ClNO5. The average Bonchev–Trinajstić information content (AvgIpc) is 2.72. The largest absolute Gasteiger partial charge is 0.488 e. The number of nitro groups is 1. The number of hydrogen-bond acceptors (Lipinski definition) is 5. The van der Waals surface area contributed by atoms with Crippen LogP contribution in [0.3, 0.4) is 0 Å². The highest BCUT2D eigenvalue weighted by molar-refractivity contribution is 6.30. The van der Waals surface area contributed by atoms with Crippen molar-refractivity contribution in [2.24, 2.45) is 0 Å². The maximum atomic E-state index is 11.9. The van der Waals surface area contributed by atoms with Gasteiger partial charge in [-0.3, -0.25) is 10.1 Å². The molecule has 3 aromatic carbocycles. The summed E-state index contributed by atoms with van der Waals surface area (Å²) in [5.74, 6) is 0.389. The maximum absolute atomic E-state index is 11.9. The van der Waals surface area contributed by atoms with Crippen LogP contribution in [0.2, 0.25) is 5.02 Å². The van der Waals surface area contributed by atoms with Crippen LogP contribution in [0.5, 0.6) is 5.75 Å². The summed E-state index contributed by atoms with van der Waals surface area (Å²) in [6.45, 7) is 0.237. The van der Waals surface area contributed by atoms with E-state index in [0.717, 1.165) is 16.7 Å². The molecule has 7 heteroatoms. The minimum atomic E-state index is -0.512. The molecule has 0 fully saturated rings. The predicted octanol–water partition coefficient (Wildman–Crippen LogP) is 5.60. The van der Waals surface area contributed by atoms with E-state index in [1.807, 2.05) is 18.2 Å². The normalized spacial score (nSPS) is 10.8. The summed E-state index contributed by atoms with van der Waals surface area (Å²) in [6, 6.07) is 20.1. The lowest BCUT2D eigenvalue weighted by molar-refractivity contribution is -0.384. The first-order valence-electron chi connectivity index (χ1n) is 8.69. The van der Waals surface area contributed by atoms with E-state index in [1.165, 1.54) is 18.2 Å². The van der Waals surface area contributed by atoms with Crippen molar-refractivity contribution in [2.75, 3.05) is 0 Å². The predicted molar refractivity (Wildman–Crippen MR) is 110 cm³/mol. The summed E-state index contributed by atoms with van der Waals surface area (Å²) in [5, 5.41) is 12.1. The van der Waals surface area contributed by atoms with Crippen LogP contribution in [0, 0.1) is 10.1 Å². The number of benzene rings is 3. The van der Waals surface area contributed by atoms with Gasteiger partial charge in [0, 0.05) is 17.2 Å². The van der Waals surface area contributed by atoms with Crippen molar-refractivity contribution in [3.63, 3.8) is 0 Å². The van der Waals surface area contributed by atoms with Crippen LogP contribution >= 0.6 is 11.6 Å². The molecule has 0 saturated heterocycles. The van der Waals surface area contributed by atoms with E-state index in [-0.39, 0.29) is 12.3 Å². The van der Waals surface area contributed by atoms with Crippen LogP contribution in [0.15, 0.2) is 82.0 Å². The second-order valence-corrected chi connectivity index (χ2v) is 6.80. The molecule has 0 radical (unpaired) electrons. The highest BCUT2D eigenvalue weighted by Gasteiger charge is 2.11. The summed E-state index contributed by atoms with van der Waals surface area (Å²) in [4.78, 5) is 22.3. The van der Waals surface area contributed by atoms with Crippen LogP contribution in [0.25, 0.3) is 22.1 Å².